The first-order valence-electron chi connectivity index (χ1n) is 4.40. The highest BCUT2D eigenvalue weighted by Gasteiger charge is 2.25. The second-order valence-corrected chi connectivity index (χ2v) is 3.16. The molecule has 1 aliphatic heterocycles. The molecule has 0 aliphatic carbocycles. The summed E-state index contributed by atoms with van der Waals surface area (Å²) in [5.41, 5.74) is 0. The third-order valence-electron chi connectivity index (χ3n) is 2.09. The van der Waals surface area contributed by atoms with E-state index in [1.165, 1.54) is 0 Å². The van der Waals surface area contributed by atoms with Crippen LogP contribution in [0.3, 0.4) is 0 Å². The van der Waals surface area contributed by atoms with Gasteiger partial charge in [-0.1, -0.05) is 6.92 Å². The summed E-state index contributed by atoms with van der Waals surface area (Å²) in [6.07, 6.45) is 0.263. The van der Waals surface area contributed by atoms with Gasteiger partial charge < -0.3 is 10.4 Å². The second-order valence-electron chi connectivity index (χ2n) is 3.16. The molecular formula is C8H16N2O2. The zero-order chi connectivity index (χ0) is 8.97. The molecule has 0 aromatic heterocycles. The topological polar surface area (TPSA) is 52.6 Å². The maximum absolute atomic E-state index is 10.2. The van der Waals surface area contributed by atoms with Gasteiger partial charge in [0.1, 0.15) is 0 Å². The molecule has 1 rings (SSSR count). The predicted molar refractivity (Wildman–Crippen MR) is 46.2 cm³/mol. The Balaban J connectivity index is 1.98. The SMILES string of the molecule is CCNC1CN(CCC(=O)O)C1. The summed E-state index contributed by atoms with van der Waals surface area (Å²) < 4.78 is 0. The van der Waals surface area contributed by atoms with Crippen molar-refractivity contribution >= 4 is 5.97 Å². The van der Waals surface area contributed by atoms with Crippen LogP contribution in [0.25, 0.3) is 0 Å². The van der Waals surface area contributed by atoms with E-state index < -0.39 is 5.97 Å². The number of likely N-dealkylation sites (N-methyl/N-ethyl adjacent to an activating group) is 1. The van der Waals surface area contributed by atoms with Crippen LogP contribution in [0.5, 0.6) is 0 Å². The van der Waals surface area contributed by atoms with Crippen LogP contribution in [-0.4, -0.2) is 48.2 Å². The summed E-state index contributed by atoms with van der Waals surface area (Å²) in [6, 6.07) is 0.587. The van der Waals surface area contributed by atoms with Crippen molar-refractivity contribution in [1.82, 2.24) is 10.2 Å². The number of carboxylic acids is 1. The summed E-state index contributed by atoms with van der Waals surface area (Å²) in [5.74, 6) is -0.707. The molecule has 0 aromatic rings. The molecule has 70 valence electrons. The molecule has 0 aromatic carbocycles. The quantitative estimate of drug-likeness (QED) is 0.600. The van der Waals surface area contributed by atoms with Gasteiger partial charge in [0.2, 0.25) is 0 Å². The molecule has 12 heavy (non-hydrogen) atoms. The van der Waals surface area contributed by atoms with Crippen LogP contribution in [0.15, 0.2) is 0 Å². The zero-order valence-corrected chi connectivity index (χ0v) is 7.42. The van der Waals surface area contributed by atoms with Gasteiger partial charge in [-0.3, -0.25) is 9.69 Å². The number of nitrogens with zero attached hydrogens (tertiary/aromatic N) is 1. The Morgan fingerprint density at radius 1 is 1.67 bits per heavy atom. The van der Waals surface area contributed by atoms with Crippen molar-refractivity contribution in [2.45, 2.75) is 19.4 Å². The average molecular weight is 172 g/mol. The number of aliphatic carboxylic acids is 1. The van der Waals surface area contributed by atoms with Crippen LogP contribution in [0.2, 0.25) is 0 Å². The smallest absolute Gasteiger partial charge is 0.304 e. The standard InChI is InChI=1S/C8H16N2O2/c1-2-9-7-5-10(6-7)4-3-8(11)12/h7,9H,2-6H2,1H3,(H,11,12). The van der Waals surface area contributed by atoms with Crippen molar-refractivity contribution in [3.63, 3.8) is 0 Å². The molecule has 0 bridgehead atoms. The molecule has 0 unspecified atom stereocenters. The largest absolute Gasteiger partial charge is 0.481 e. The maximum atomic E-state index is 10.2. The van der Waals surface area contributed by atoms with E-state index in [0.29, 0.717) is 12.6 Å². The molecule has 4 heteroatoms. The van der Waals surface area contributed by atoms with Crippen molar-refractivity contribution < 1.29 is 9.90 Å². The molecule has 1 saturated heterocycles. The van der Waals surface area contributed by atoms with Gasteiger partial charge in [0, 0.05) is 25.7 Å². The van der Waals surface area contributed by atoms with E-state index in [4.69, 9.17) is 5.11 Å². The van der Waals surface area contributed by atoms with Crippen LogP contribution in [-0.2, 0) is 4.79 Å². The molecular weight excluding hydrogens is 156 g/mol. The molecule has 0 atom stereocenters. The summed E-state index contributed by atoms with van der Waals surface area (Å²) in [5, 5.41) is 11.7. The van der Waals surface area contributed by atoms with Crippen LogP contribution in [0.4, 0.5) is 0 Å². The van der Waals surface area contributed by atoms with Crippen LogP contribution in [0, 0.1) is 0 Å². The Bertz CT molecular complexity index is 155. The predicted octanol–water partition coefficient (Wildman–Crippen LogP) is -0.245. The Kier molecular flexibility index (Phi) is 3.49. The molecule has 4 nitrogen and oxygen atoms in total. The van der Waals surface area contributed by atoms with Crippen LogP contribution < -0.4 is 5.32 Å². The first kappa shape index (κ1) is 9.48. The lowest BCUT2D eigenvalue weighted by Crippen LogP contribution is -2.58. The molecule has 0 saturated carbocycles. The number of likely N-dealkylation sites (tertiary alicyclic amines) is 1. The normalized spacial score (nSPS) is 19.1. The molecule has 1 aliphatic rings. The minimum absolute atomic E-state index is 0.263. The lowest BCUT2D eigenvalue weighted by atomic mass is 10.1. The van der Waals surface area contributed by atoms with Gasteiger partial charge in [0.05, 0.1) is 6.42 Å². The Morgan fingerprint density at radius 3 is 2.83 bits per heavy atom. The highest BCUT2D eigenvalue weighted by Crippen LogP contribution is 2.07. The number of hydrogen-bond donors (Lipinski definition) is 2. The zero-order valence-electron chi connectivity index (χ0n) is 7.42. The molecule has 2 N–H and O–H groups in total. The number of carboxylic acid groups (broad SMARTS) is 1. The van der Waals surface area contributed by atoms with E-state index in [9.17, 15) is 4.79 Å². The fourth-order valence-electron chi connectivity index (χ4n) is 1.42. The fourth-order valence-corrected chi connectivity index (χ4v) is 1.42. The number of hydrogen-bond acceptors (Lipinski definition) is 3. The van der Waals surface area contributed by atoms with Crippen LogP contribution >= 0.6 is 0 Å². The summed E-state index contributed by atoms with van der Waals surface area (Å²) in [7, 11) is 0. The van der Waals surface area contributed by atoms with Gasteiger partial charge in [-0.15, -0.1) is 0 Å². The van der Waals surface area contributed by atoms with Gasteiger partial charge in [-0.05, 0) is 6.54 Å². The minimum atomic E-state index is -0.707. The fraction of sp³-hybridized carbons (Fsp3) is 0.875. The highest BCUT2D eigenvalue weighted by atomic mass is 16.4. The van der Waals surface area contributed by atoms with E-state index in [1.54, 1.807) is 0 Å². The first-order valence-corrected chi connectivity index (χ1v) is 4.40. The van der Waals surface area contributed by atoms with E-state index in [2.05, 4.69) is 17.1 Å². The summed E-state index contributed by atoms with van der Waals surface area (Å²) in [4.78, 5) is 12.4. The lowest BCUT2D eigenvalue weighted by Gasteiger charge is -2.39. The van der Waals surface area contributed by atoms with E-state index in [0.717, 1.165) is 19.6 Å². The highest BCUT2D eigenvalue weighted by molar-refractivity contribution is 5.66. The van der Waals surface area contributed by atoms with Gasteiger partial charge in [-0.25, -0.2) is 0 Å². The molecule has 1 fully saturated rings. The second kappa shape index (κ2) is 4.42. The monoisotopic (exact) mass is 172 g/mol. The third-order valence-corrected chi connectivity index (χ3v) is 2.09. The van der Waals surface area contributed by atoms with Gasteiger partial charge in [0.25, 0.3) is 0 Å². The number of nitrogens with one attached hydrogen (secondary N) is 1. The number of carbonyl (C=O) groups is 1. The molecule has 0 radical (unpaired) electrons. The van der Waals surface area contributed by atoms with Crippen molar-refractivity contribution in [1.29, 1.82) is 0 Å². The van der Waals surface area contributed by atoms with E-state index >= 15 is 0 Å². The Hall–Kier alpha value is -0.610. The van der Waals surface area contributed by atoms with Crippen molar-refractivity contribution in [3.05, 3.63) is 0 Å². The van der Waals surface area contributed by atoms with Crippen molar-refractivity contribution in [2.75, 3.05) is 26.2 Å². The lowest BCUT2D eigenvalue weighted by molar-refractivity contribution is -0.137. The Labute approximate surface area is 72.6 Å². The molecule has 0 spiro atoms. The van der Waals surface area contributed by atoms with Crippen molar-refractivity contribution in [2.24, 2.45) is 0 Å². The average Bonchev–Trinajstić information content (AvgIpc) is 1.93. The minimum Gasteiger partial charge on any atom is -0.481 e. The van der Waals surface area contributed by atoms with Crippen molar-refractivity contribution in [3.8, 4) is 0 Å². The summed E-state index contributed by atoms with van der Waals surface area (Å²) in [6.45, 7) is 5.77. The summed E-state index contributed by atoms with van der Waals surface area (Å²) >= 11 is 0. The third kappa shape index (κ3) is 2.79. The van der Waals surface area contributed by atoms with Gasteiger partial charge in [-0.2, -0.15) is 0 Å². The van der Waals surface area contributed by atoms with Crippen LogP contribution in [0.1, 0.15) is 13.3 Å². The molecule has 0 amide bonds. The first-order chi connectivity index (χ1) is 5.72. The number of rotatable bonds is 5. The van der Waals surface area contributed by atoms with E-state index in [-0.39, 0.29) is 6.42 Å². The maximum Gasteiger partial charge on any atom is 0.304 e. The van der Waals surface area contributed by atoms with Gasteiger partial charge in [0.15, 0.2) is 0 Å². The molecule has 1 heterocycles. The Morgan fingerprint density at radius 2 is 2.33 bits per heavy atom. The van der Waals surface area contributed by atoms with E-state index in [1.807, 2.05) is 0 Å². The van der Waals surface area contributed by atoms with Gasteiger partial charge >= 0.3 is 5.97 Å².